The van der Waals surface area contributed by atoms with Crippen LogP contribution in [0.25, 0.3) is 11.1 Å². The van der Waals surface area contributed by atoms with Crippen molar-refractivity contribution in [2.24, 2.45) is 0 Å². The molecule has 0 N–H and O–H groups in total. The summed E-state index contributed by atoms with van der Waals surface area (Å²) in [6.07, 6.45) is 1.45. The molecule has 1 nitrogen and oxygen atoms in total. The monoisotopic (exact) mass is 224 g/mol. The van der Waals surface area contributed by atoms with Crippen molar-refractivity contribution in [1.82, 2.24) is 0 Å². The van der Waals surface area contributed by atoms with Gasteiger partial charge in [-0.05, 0) is 30.0 Å². The lowest BCUT2D eigenvalue weighted by molar-refractivity contribution is -0.116. The fourth-order valence-corrected chi connectivity index (χ4v) is 1.86. The second-order valence-electron chi connectivity index (χ2n) is 4.27. The maximum atomic E-state index is 11.0. The molecule has 17 heavy (non-hydrogen) atoms. The summed E-state index contributed by atoms with van der Waals surface area (Å²) in [5.41, 5.74) is 3.66. The average Bonchev–Trinajstić information content (AvgIpc) is 2.38. The summed E-state index contributed by atoms with van der Waals surface area (Å²) in [7, 11) is 0. The molecule has 86 valence electrons. The first-order chi connectivity index (χ1) is 8.25. The molecule has 2 aromatic carbocycles. The van der Waals surface area contributed by atoms with Crippen LogP contribution >= 0.6 is 0 Å². The Morgan fingerprint density at radius 1 is 0.941 bits per heavy atom. The molecule has 1 heteroatoms. The molecule has 0 saturated heterocycles. The van der Waals surface area contributed by atoms with Crippen LogP contribution in [0.15, 0.2) is 54.6 Å². The molecule has 0 atom stereocenters. The highest BCUT2D eigenvalue weighted by molar-refractivity contribution is 5.75. The second-order valence-corrected chi connectivity index (χ2v) is 4.27. The van der Waals surface area contributed by atoms with Gasteiger partial charge >= 0.3 is 0 Å². The highest BCUT2D eigenvalue weighted by Crippen LogP contribution is 2.20. The third-order valence-corrected chi connectivity index (χ3v) is 2.80. The second kappa shape index (κ2) is 5.44. The third kappa shape index (κ3) is 3.28. The van der Waals surface area contributed by atoms with Crippen molar-refractivity contribution in [2.45, 2.75) is 19.8 Å². The molecule has 0 spiro atoms. The normalized spacial score (nSPS) is 10.2. The van der Waals surface area contributed by atoms with Crippen LogP contribution in [0.5, 0.6) is 0 Å². The summed E-state index contributed by atoms with van der Waals surface area (Å²) in [4.78, 5) is 11.0. The van der Waals surface area contributed by atoms with Gasteiger partial charge in [0.05, 0.1) is 0 Å². The van der Waals surface area contributed by atoms with Gasteiger partial charge in [0.1, 0.15) is 5.78 Å². The lowest BCUT2D eigenvalue weighted by atomic mass is 10.0. The molecule has 0 aliphatic carbocycles. The van der Waals surface area contributed by atoms with Crippen molar-refractivity contribution < 1.29 is 4.79 Å². The number of benzene rings is 2. The summed E-state index contributed by atoms with van der Waals surface area (Å²) in [5, 5.41) is 0. The van der Waals surface area contributed by atoms with Gasteiger partial charge in [-0.25, -0.2) is 0 Å². The number of carbonyl (C=O) groups is 1. The van der Waals surface area contributed by atoms with Gasteiger partial charge in [-0.3, -0.25) is 0 Å². The quantitative estimate of drug-likeness (QED) is 0.770. The highest BCUT2D eigenvalue weighted by atomic mass is 16.1. The fraction of sp³-hybridized carbons (Fsp3) is 0.188. The van der Waals surface area contributed by atoms with Crippen LogP contribution in [0, 0.1) is 0 Å². The van der Waals surface area contributed by atoms with Gasteiger partial charge in [0.2, 0.25) is 0 Å². The third-order valence-electron chi connectivity index (χ3n) is 2.80. The molecular weight excluding hydrogens is 208 g/mol. The van der Waals surface area contributed by atoms with Crippen molar-refractivity contribution in [3.05, 3.63) is 60.2 Å². The smallest absolute Gasteiger partial charge is 0.130 e. The van der Waals surface area contributed by atoms with E-state index in [2.05, 4.69) is 36.4 Å². The van der Waals surface area contributed by atoms with Crippen molar-refractivity contribution in [3.63, 3.8) is 0 Å². The van der Waals surface area contributed by atoms with E-state index in [4.69, 9.17) is 0 Å². The van der Waals surface area contributed by atoms with Gasteiger partial charge in [-0.2, -0.15) is 0 Å². The van der Waals surface area contributed by atoms with Crippen molar-refractivity contribution in [2.75, 3.05) is 0 Å². The lowest BCUT2D eigenvalue weighted by Crippen LogP contribution is -1.94. The molecule has 0 unspecified atom stereocenters. The molecule has 0 amide bonds. The van der Waals surface area contributed by atoms with Gasteiger partial charge in [0, 0.05) is 6.42 Å². The van der Waals surface area contributed by atoms with Crippen LogP contribution in [0.2, 0.25) is 0 Å². The highest BCUT2D eigenvalue weighted by Gasteiger charge is 2.00. The Hall–Kier alpha value is -1.89. The van der Waals surface area contributed by atoms with E-state index < -0.39 is 0 Å². The van der Waals surface area contributed by atoms with Gasteiger partial charge in [-0.15, -0.1) is 0 Å². The van der Waals surface area contributed by atoms with Crippen molar-refractivity contribution >= 4 is 5.78 Å². The summed E-state index contributed by atoms with van der Waals surface area (Å²) >= 11 is 0. The van der Waals surface area contributed by atoms with E-state index in [9.17, 15) is 4.79 Å². The zero-order valence-corrected chi connectivity index (χ0v) is 10.0. The Balaban J connectivity index is 2.20. The van der Waals surface area contributed by atoms with Crippen LogP contribution in [-0.4, -0.2) is 5.78 Å². The Morgan fingerprint density at radius 2 is 1.65 bits per heavy atom. The molecule has 2 rings (SSSR count). The van der Waals surface area contributed by atoms with Gasteiger partial charge < -0.3 is 4.79 Å². The maximum Gasteiger partial charge on any atom is 0.130 e. The molecule has 0 heterocycles. The van der Waals surface area contributed by atoms with Crippen LogP contribution < -0.4 is 0 Å². The first-order valence-corrected chi connectivity index (χ1v) is 5.89. The summed E-state index contributed by atoms with van der Waals surface area (Å²) < 4.78 is 0. The van der Waals surface area contributed by atoms with Crippen LogP contribution in [0.1, 0.15) is 18.9 Å². The number of Topliss-reactive ketones (excluding diaryl/α,β-unsaturated/α-hetero) is 1. The number of carbonyl (C=O) groups excluding carboxylic acids is 1. The first kappa shape index (κ1) is 11.6. The Labute approximate surface area is 102 Å². The summed E-state index contributed by atoms with van der Waals surface area (Å²) in [6, 6.07) is 18.7. The molecule has 2 aromatic rings. The SMILES string of the molecule is CC(=O)CCc1cccc(-c2ccccc2)c1. The molecule has 0 saturated carbocycles. The predicted octanol–water partition coefficient (Wildman–Crippen LogP) is 3.88. The average molecular weight is 224 g/mol. The molecule has 0 aromatic heterocycles. The number of hydrogen-bond acceptors (Lipinski definition) is 1. The number of ketones is 1. The molecule has 0 fully saturated rings. The predicted molar refractivity (Wildman–Crippen MR) is 70.9 cm³/mol. The topological polar surface area (TPSA) is 17.1 Å². The van der Waals surface area contributed by atoms with Crippen LogP contribution in [0.4, 0.5) is 0 Å². The minimum absolute atomic E-state index is 0.245. The fourth-order valence-electron chi connectivity index (χ4n) is 1.86. The zero-order valence-electron chi connectivity index (χ0n) is 10.0. The van der Waals surface area contributed by atoms with E-state index in [1.807, 2.05) is 18.2 Å². The maximum absolute atomic E-state index is 11.0. The lowest BCUT2D eigenvalue weighted by Gasteiger charge is -2.04. The molecule has 0 bridgehead atoms. The van der Waals surface area contributed by atoms with E-state index in [0.717, 1.165) is 6.42 Å². The Bertz CT molecular complexity index is 500. The van der Waals surface area contributed by atoms with Crippen LogP contribution in [-0.2, 0) is 11.2 Å². The van der Waals surface area contributed by atoms with Crippen LogP contribution in [0.3, 0.4) is 0 Å². The molecule has 0 radical (unpaired) electrons. The van der Waals surface area contributed by atoms with Crippen molar-refractivity contribution in [1.29, 1.82) is 0 Å². The molecular formula is C16H16O. The first-order valence-electron chi connectivity index (χ1n) is 5.89. The van der Waals surface area contributed by atoms with E-state index >= 15 is 0 Å². The van der Waals surface area contributed by atoms with E-state index in [0.29, 0.717) is 6.42 Å². The minimum atomic E-state index is 0.245. The Kier molecular flexibility index (Phi) is 3.71. The van der Waals surface area contributed by atoms with E-state index in [1.165, 1.54) is 16.7 Å². The zero-order chi connectivity index (χ0) is 12.1. The Morgan fingerprint density at radius 3 is 2.35 bits per heavy atom. The number of rotatable bonds is 4. The van der Waals surface area contributed by atoms with Crippen molar-refractivity contribution in [3.8, 4) is 11.1 Å². The number of hydrogen-bond donors (Lipinski definition) is 0. The largest absolute Gasteiger partial charge is 0.300 e. The van der Waals surface area contributed by atoms with Gasteiger partial charge in [-0.1, -0.05) is 54.6 Å². The number of aryl methyl sites for hydroxylation is 1. The van der Waals surface area contributed by atoms with Gasteiger partial charge in [0.25, 0.3) is 0 Å². The molecule has 0 aliphatic heterocycles. The minimum Gasteiger partial charge on any atom is -0.300 e. The summed E-state index contributed by atoms with van der Waals surface area (Å²) in [5.74, 6) is 0.245. The standard InChI is InChI=1S/C16H16O/c1-13(17)10-11-14-6-5-9-16(12-14)15-7-3-2-4-8-15/h2-9,12H,10-11H2,1H3. The summed E-state index contributed by atoms with van der Waals surface area (Å²) in [6.45, 7) is 1.64. The molecule has 0 aliphatic rings. The van der Waals surface area contributed by atoms with E-state index in [-0.39, 0.29) is 5.78 Å². The van der Waals surface area contributed by atoms with E-state index in [1.54, 1.807) is 6.92 Å². The van der Waals surface area contributed by atoms with Gasteiger partial charge in [0.15, 0.2) is 0 Å².